The van der Waals surface area contributed by atoms with Crippen LogP contribution in [-0.2, 0) is 0 Å². The Bertz CT molecular complexity index is 433. The van der Waals surface area contributed by atoms with Gasteiger partial charge >= 0.3 is 0 Å². The zero-order valence-corrected chi connectivity index (χ0v) is 11.2. The maximum atomic E-state index is 8.79. The van der Waals surface area contributed by atoms with Crippen molar-refractivity contribution in [3.8, 4) is 6.07 Å². The molecule has 0 atom stereocenters. The quantitative estimate of drug-likeness (QED) is 0.907. The Morgan fingerprint density at radius 2 is 2.06 bits per heavy atom. The lowest BCUT2D eigenvalue weighted by Gasteiger charge is -2.26. The highest BCUT2D eigenvalue weighted by Gasteiger charge is 2.09. The largest absolute Gasteiger partial charge is 0.384 e. The third kappa shape index (κ3) is 3.63. The summed E-state index contributed by atoms with van der Waals surface area (Å²) in [6.07, 6.45) is 4.01. The average molecular weight is 264 g/mol. The SMILES string of the molecule is N#Cc1ccc(NCCN2CCCCC2)cc1Cl. The fraction of sp³-hybridized carbons (Fsp3) is 0.500. The standard InChI is InChI=1S/C14H18ClN3/c15-14-10-13(5-4-12(14)11-16)17-6-9-18-7-2-1-3-8-18/h4-5,10,17H,1-3,6-9H2. The van der Waals surface area contributed by atoms with Gasteiger partial charge in [0.25, 0.3) is 0 Å². The number of hydrogen-bond acceptors (Lipinski definition) is 3. The molecule has 1 fully saturated rings. The Morgan fingerprint density at radius 1 is 1.28 bits per heavy atom. The highest BCUT2D eigenvalue weighted by Crippen LogP contribution is 2.20. The molecule has 1 heterocycles. The van der Waals surface area contributed by atoms with Crippen LogP contribution in [0.2, 0.25) is 5.02 Å². The number of rotatable bonds is 4. The first-order valence-electron chi connectivity index (χ1n) is 6.45. The van der Waals surface area contributed by atoms with E-state index in [-0.39, 0.29) is 0 Å². The molecule has 1 aromatic rings. The van der Waals surface area contributed by atoms with Crippen LogP contribution in [0.5, 0.6) is 0 Å². The molecule has 1 aromatic carbocycles. The molecule has 0 amide bonds. The third-order valence-electron chi connectivity index (χ3n) is 3.30. The molecule has 0 spiro atoms. The first-order chi connectivity index (χ1) is 8.79. The summed E-state index contributed by atoms with van der Waals surface area (Å²) < 4.78 is 0. The second-order valence-electron chi connectivity index (χ2n) is 4.64. The van der Waals surface area contributed by atoms with Crippen molar-refractivity contribution in [3.05, 3.63) is 28.8 Å². The van der Waals surface area contributed by atoms with Gasteiger partial charge in [-0.15, -0.1) is 0 Å². The van der Waals surface area contributed by atoms with Gasteiger partial charge in [0.05, 0.1) is 10.6 Å². The van der Waals surface area contributed by atoms with Gasteiger partial charge in [0.1, 0.15) is 6.07 Å². The average Bonchev–Trinajstić information content (AvgIpc) is 2.40. The fourth-order valence-corrected chi connectivity index (χ4v) is 2.48. The van der Waals surface area contributed by atoms with Crippen LogP contribution >= 0.6 is 11.6 Å². The van der Waals surface area contributed by atoms with Gasteiger partial charge in [-0.05, 0) is 44.1 Å². The van der Waals surface area contributed by atoms with Crippen LogP contribution in [0.4, 0.5) is 5.69 Å². The molecule has 3 nitrogen and oxygen atoms in total. The number of hydrogen-bond donors (Lipinski definition) is 1. The first kappa shape index (κ1) is 13.2. The number of nitriles is 1. The lowest BCUT2D eigenvalue weighted by Crippen LogP contribution is -2.33. The van der Waals surface area contributed by atoms with E-state index in [1.165, 1.54) is 32.4 Å². The van der Waals surface area contributed by atoms with Crippen LogP contribution in [0.15, 0.2) is 18.2 Å². The normalized spacial score (nSPS) is 16.2. The van der Waals surface area contributed by atoms with Gasteiger partial charge in [0, 0.05) is 18.8 Å². The number of benzene rings is 1. The number of likely N-dealkylation sites (tertiary alicyclic amines) is 1. The maximum absolute atomic E-state index is 8.79. The van der Waals surface area contributed by atoms with Gasteiger partial charge in [-0.2, -0.15) is 5.26 Å². The highest BCUT2D eigenvalue weighted by atomic mass is 35.5. The Morgan fingerprint density at radius 3 is 2.72 bits per heavy atom. The molecule has 0 radical (unpaired) electrons. The van der Waals surface area contributed by atoms with Crippen molar-refractivity contribution in [2.45, 2.75) is 19.3 Å². The molecule has 0 unspecified atom stereocenters. The van der Waals surface area contributed by atoms with Crippen molar-refractivity contribution in [2.75, 3.05) is 31.5 Å². The van der Waals surface area contributed by atoms with Crippen molar-refractivity contribution < 1.29 is 0 Å². The van der Waals surface area contributed by atoms with Crippen LogP contribution in [0.1, 0.15) is 24.8 Å². The number of anilines is 1. The van der Waals surface area contributed by atoms with E-state index in [2.05, 4.69) is 16.3 Å². The van der Waals surface area contributed by atoms with E-state index >= 15 is 0 Å². The Kier molecular flexibility index (Phi) is 4.86. The summed E-state index contributed by atoms with van der Waals surface area (Å²) in [4.78, 5) is 2.49. The Labute approximate surface area is 113 Å². The summed E-state index contributed by atoms with van der Waals surface area (Å²) in [5.41, 5.74) is 1.51. The maximum Gasteiger partial charge on any atom is 0.101 e. The highest BCUT2D eigenvalue weighted by molar-refractivity contribution is 6.32. The van der Waals surface area contributed by atoms with E-state index in [4.69, 9.17) is 16.9 Å². The smallest absolute Gasteiger partial charge is 0.101 e. The van der Waals surface area contributed by atoms with Gasteiger partial charge in [-0.1, -0.05) is 18.0 Å². The zero-order chi connectivity index (χ0) is 12.8. The molecule has 1 aliphatic heterocycles. The predicted octanol–water partition coefficient (Wildman–Crippen LogP) is 3.11. The topological polar surface area (TPSA) is 39.1 Å². The molecule has 96 valence electrons. The second-order valence-corrected chi connectivity index (χ2v) is 5.04. The van der Waals surface area contributed by atoms with Gasteiger partial charge in [-0.3, -0.25) is 0 Å². The minimum absolute atomic E-state index is 0.514. The van der Waals surface area contributed by atoms with Gasteiger partial charge < -0.3 is 10.2 Å². The van der Waals surface area contributed by atoms with Crippen LogP contribution in [-0.4, -0.2) is 31.1 Å². The minimum Gasteiger partial charge on any atom is -0.384 e. The van der Waals surface area contributed by atoms with E-state index in [1.54, 1.807) is 6.07 Å². The summed E-state index contributed by atoms with van der Waals surface area (Å²) in [5, 5.41) is 12.7. The molecule has 4 heteroatoms. The third-order valence-corrected chi connectivity index (χ3v) is 3.61. The lowest BCUT2D eigenvalue weighted by molar-refractivity contribution is 0.237. The van der Waals surface area contributed by atoms with E-state index < -0.39 is 0 Å². The van der Waals surface area contributed by atoms with Crippen molar-refractivity contribution in [3.63, 3.8) is 0 Å². The fourth-order valence-electron chi connectivity index (χ4n) is 2.26. The number of nitrogens with zero attached hydrogens (tertiary/aromatic N) is 2. The van der Waals surface area contributed by atoms with Crippen LogP contribution < -0.4 is 5.32 Å². The molecular formula is C14H18ClN3. The number of halogens is 1. The Hall–Kier alpha value is -1.24. The van der Waals surface area contributed by atoms with Crippen molar-refractivity contribution >= 4 is 17.3 Å². The molecule has 0 saturated carbocycles. The summed E-state index contributed by atoms with van der Waals surface area (Å²) in [7, 11) is 0. The lowest BCUT2D eigenvalue weighted by atomic mass is 10.1. The summed E-state index contributed by atoms with van der Waals surface area (Å²) >= 11 is 5.98. The monoisotopic (exact) mass is 263 g/mol. The van der Waals surface area contributed by atoms with Gasteiger partial charge in [0.2, 0.25) is 0 Å². The molecular weight excluding hydrogens is 246 g/mol. The molecule has 1 aliphatic rings. The van der Waals surface area contributed by atoms with E-state index in [1.807, 2.05) is 12.1 Å². The number of nitrogens with one attached hydrogen (secondary N) is 1. The summed E-state index contributed by atoms with van der Waals surface area (Å²) in [5.74, 6) is 0. The van der Waals surface area contributed by atoms with Crippen LogP contribution in [0, 0.1) is 11.3 Å². The molecule has 2 rings (SSSR count). The number of piperidine rings is 1. The Balaban J connectivity index is 1.79. The molecule has 0 bridgehead atoms. The van der Waals surface area contributed by atoms with Gasteiger partial charge in [0.15, 0.2) is 0 Å². The second kappa shape index (κ2) is 6.63. The minimum atomic E-state index is 0.514. The van der Waals surface area contributed by atoms with Crippen molar-refractivity contribution in [1.29, 1.82) is 5.26 Å². The van der Waals surface area contributed by atoms with Crippen LogP contribution in [0.25, 0.3) is 0 Å². The predicted molar refractivity (Wildman–Crippen MR) is 74.9 cm³/mol. The molecule has 0 aromatic heterocycles. The van der Waals surface area contributed by atoms with E-state index in [0.717, 1.165) is 18.8 Å². The van der Waals surface area contributed by atoms with Crippen LogP contribution in [0.3, 0.4) is 0 Å². The van der Waals surface area contributed by atoms with E-state index in [0.29, 0.717) is 10.6 Å². The molecule has 18 heavy (non-hydrogen) atoms. The van der Waals surface area contributed by atoms with E-state index in [9.17, 15) is 0 Å². The summed E-state index contributed by atoms with van der Waals surface area (Å²) in [6.45, 7) is 4.42. The van der Waals surface area contributed by atoms with Gasteiger partial charge in [-0.25, -0.2) is 0 Å². The zero-order valence-electron chi connectivity index (χ0n) is 10.5. The molecule has 0 aliphatic carbocycles. The summed E-state index contributed by atoms with van der Waals surface area (Å²) in [6, 6.07) is 7.54. The first-order valence-corrected chi connectivity index (χ1v) is 6.83. The van der Waals surface area contributed by atoms with Crippen molar-refractivity contribution in [1.82, 2.24) is 4.90 Å². The molecule has 1 saturated heterocycles. The van der Waals surface area contributed by atoms with Crippen molar-refractivity contribution in [2.24, 2.45) is 0 Å². The molecule has 1 N–H and O–H groups in total.